The third-order valence-corrected chi connectivity index (χ3v) is 2.76. The summed E-state index contributed by atoms with van der Waals surface area (Å²) < 4.78 is 4.89. The van der Waals surface area contributed by atoms with Gasteiger partial charge in [-0.1, -0.05) is 32.6 Å². The van der Waals surface area contributed by atoms with E-state index in [0.717, 1.165) is 0 Å². The average Bonchev–Trinajstić information content (AvgIpc) is 2.84. The lowest BCUT2D eigenvalue weighted by Crippen LogP contribution is -2.30. The Morgan fingerprint density at radius 2 is 2.15 bits per heavy atom. The summed E-state index contributed by atoms with van der Waals surface area (Å²) in [5.74, 6) is -1.30. The predicted molar refractivity (Wildman–Crippen MR) is 80.9 cm³/mol. The van der Waals surface area contributed by atoms with Crippen molar-refractivity contribution in [2.75, 3.05) is 13.2 Å². The fraction of sp³-hybridized carbons (Fsp3) is 0.500. The summed E-state index contributed by atoms with van der Waals surface area (Å²) in [6.07, 6.45) is 7.62. The molecule has 1 unspecified atom stereocenters. The van der Waals surface area contributed by atoms with Crippen molar-refractivity contribution in [2.45, 2.75) is 34.1 Å². The first kappa shape index (κ1) is 18.2. The molecule has 1 heterocycles. The lowest BCUT2D eigenvalue weighted by molar-refractivity contribution is -0.151. The smallest absolute Gasteiger partial charge is 0.318 e. The number of hydrogen-bond donors (Lipinski definition) is 0. The second kappa shape index (κ2) is 10.0. The lowest BCUT2D eigenvalue weighted by Gasteiger charge is -2.17. The minimum absolute atomic E-state index is 0.205. The highest BCUT2D eigenvalue weighted by Crippen LogP contribution is 2.23. The molecule has 0 bridgehead atoms. The van der Waals surface area contributed by atoms with Gasteiger partial charge in [-0.05, 0) is 32.4 Å². The fourth-order valence-corrected chi connectivity index (χ4v) is 1.86. The van der Waals surface area contributed by atoms with E-state index in [2.05, 4.69) is 6.58 Å². The largest absolute Gasteiger partial charge is 0.465 e. The number of ether oxygens (including phenoxy) is 1. The first-order valence-corrected chi connectivity index (χ1v) is 7.09. The Balaban J connectivity index is 0.00000172. The van der Waals surface area contributed by atoms with E-state index in [1.54, 1.807) is 24.0 Å². The van der Waals surface area contributed by atoms with Crippen molar-refractivity contribution in [1.82, 2.24) is 4.90 Å². The molecule has 1 saturated heterocycles. The van der Waals surface area contributed by atoms with Gasteiger partial charge in [0.2, 0.25) is 5.91 Å². The molecule has 1 aliphatic heterocycles. The molecule has 1 atom stereocenters. The first-order valence-electron chi connectivity index (χ1n) is 7.09. The number of esters is 1. The monoisotopic (exact) mass is 279 g/mol. The highest BCUT2D eigenvalue weighted by atomic mass is 16.5. The van der Waals surface area contributed by atoms with E-state index in [1.165, 1.54) is 0 Å². The molecule has 1 amide bonds. The Kier molecular flexibility index (Phi) is 9.09. The Hall–Kier alpha value is -1.84. The molecule has 1 rings (SSSR count). The van der Waals surface area contributed by atoms with Crippen LogP contribution in [0.3, 0.4) is 0 Å². The van der Waals surface area contributed by atoms with Gasteiger partial charge in [0, 0.05) is 12.2 Å². The molecule has 0 aromatic heterocycles. The van der Waals surface area contributed by atoms with Crippen LogP contribution in [0.2, 0.25) is 0 Å². The second-order valence-electron chi connectivity index (χ2n) is 3.90. The van der Waals surface area contributed by atoms with Crippen LogP contribution in [0, 0.1) is 5.92 Å². The van der Waals surface area contributed by atoms with Gasteiger partial charge in [0.25, 0.3) is 0 Å². The summed E-state index contributed by atoms with van der Waals surface area (Å²) >= 11 is 0. The quantitative estimate of drug-likeness (QED) is 0.441. The van der Waals surface area contributed by atoms with Gasteiger partial charge in [0.05, 0.1) is 6.61 Å². The molecular weight excluding hydrogens is 254 g/mol. The molecule has 0 aromatic carbocycles. The minimum Gasteiger partial charge on any atom is -0.465 e. The van der Waals surface area contributed by atoms with Gasteiger partial charge in [-0.3, -0.25) is 9.59 Å². The SMILES string of the molecule is C=C/C(=C\C=C/C)N1CCC(C(=O)OCC)C1=O.CC. The van der Waals surface area contributed by atoms with E-state index in [0.29, 0.717) is 25.3 Å². The van der Waals surface area contributed by atoms with Crippen LogP contribution in [0.15, 0.2) is 36.6 Å². The van der Waals surface area contributed by atoms with Gasteiger partial charge in [0.1, 0.15) is 5.92 Å². The zero-order valence-corrected chi connectivity index (χ0v) is 12.9. The molecule has 1 aliphatic rings. The first-order chi connectivity index (χ1) is 9.65. The predicted octanol–water partition coefficient (Wildman–Crippen LogP) is 3.07. The number of carbonyl (C=O) groups excluding carboxylic acids is 2. The number of carbonyl (C=O) groups is 2. The third-order valence-electron chi connectivity index (χ3n) is 2.76. The van der Waals surface area contributed by atoms with Gasteiger partial charge >= 0.3 is 5.97 Å². The Bertz CT molecular complexity index is 397. The third kappa shape index (κ3) is 4.68. The van der Waals surface area contributed by atoms with Gasteiger partial charge in [0.15, 0.2) is 0 Å². The molecule has 20 heavy (non-hydrogen) atoms. The van der Waals surface area contributed by atoms with Crippen LogP contribution in [0.1, 0.15) is 34.1 Å². The normalized spacial score (nSPS) is 18.8. The van der Waals surface area contributed by atoms with E-state index in [1.807, 2.05) is 32.9 Å². The van der Waals surface area contributed by atoms with Crippen LogP contribution < -0.4 is 0 Å². The molecule has 0 saturated carbocycles. The molecule has 0 N–H and O–H groups in total. The number of rotatable bonds is 5. The van der Waals surface area contributed by atoms with Crippen molar-refractivity contribution in [1.29, 1.82) is 0 Å². The number of nitrogens with zero attached hydrogens (tertiary/aromatic N) is 1. The zero-order chi connectivity index (χ0) is 15.5. The number of likely N-dealkylation sites (tertiary alicyclic amines) is 1. The van der Waals surface area contributed by atoms with Crippen LogP contribution >= 0.6 is 0 Å². The van der Waals surface area contributed by atoms with Crippen LogP contribution in [0.25, 0.3) is 0 Å². The summed E-state index contributed by atoms with van der Waals surface area (Å²) in [5, 5.41) is 0. The van der Waals surface area contributed by atoms with Crippen LogP contribution in [0.5, 0.6) is 0 Å². The Labute approximate surface area is 121 Å². The maximum Gasteiger partial charge on any atom is 0.318 e. The average molecular weight is 279 g/mol. The van der Waals surface area contributed by atoms with Gasteiger partial charge < -0.3 is 9.64 Å². The van der Waals surface area contributed by atoms with Crippen molar-refractivity contribution in [3.63, 3.8) is 0 Å². The van der Waals surface area contributed by atoms with Crippen LogP contribution in [-0.4, -0.2) is 29.9 Å². The van der Waals surface area contributed by atoms with Crippen LogP contribution in [0.4, 0.5) is 0 Å². The summed E-state index contributed by atoms with van der Waals surface area (Å²) in [5.41, 5.74) is 0.713. The molecule has 0 aliphatic carbocycles. The Morgan fingerprint density at radius 1 is 1.50 bits per heavy atom. The standard InChI is InChI=1S/C14H19NO3.C2H6/c1-4-7-8-11(5-2)15-10-9-12(13(15)16)14(17)18-6-3;1-2/h4-5,7-8,12H,2,6,9-10H2,1,3H3;1-2H3/b7-4-,11-8+;. The van der Waals surface area contributed by atoms with E-state index < -0.39 is 11.9 Å². The molecule has 4 nitrogen and oxygen atoms in total. The lowest BCUT2D eigenvalue weighted by atomic mass is 10.1. The van der Waals surface area contributed by atoms with Crippen molar-refractivity contribution in [3.05, 3.63) is 36.6 Å². The van der Waals surface area contributed by atoms with E-state index in [4.69, 9.17) is 4.74 Å². The van der Waals surface area contributed by atoms with E-state index in [-0.39, 0.29) is 5.91 Å². The van der Waals surface area contributed by atoms with Crippen molar-refractivity contribution in [2.24, 2.45) is 5.92 Å². The topological polar surface area (TPSA) is 46.6 Å². The van der Waals surface area contributed by atoms with Gasteiger partial charge in [-0.15, -0.1) is 0 Å². The number of allylic oxidation sites excluding steroid dienone is 4. The van der Waals surface area contributed by atoms with Crippen molar-refractivity contribution >= 4 is 11.9 Å². The maximum atomic E-state index is 12.1. The molecule has 0 radical (unpaired) electrons. The number of amides is 1. The summed E-state index contributed by atoms with van der Waals surface area (Å²) in [6.45, 7) is 12.1. The summed E-state index contributed by atoms with van der Waals surface area (Å²) in [7, 11) is 0. The van der Waals surface area contributed by atoms with E-state index in [9.17, 15) is 9.59 Å². The second-order valence-corrected chi connectivity index (χ2v) is 3.90. The fourth-order valence-electron chi connectivity index (χ4n) is 1.86. The minimum atomic E-state index is -0.668. The zero-order valence-electron chi connectivity index (χ0n) is 12.9. The highest BCUT2D eigenvalue weighted by molar-refractivity contribution is 6.00. The molecule has 1 fully saturated rings. The summed E-state index contributed by atoms with van der Waals surface area (Å²) in [6, 6.07) is 0. The Morgan fingerprint density at radius 3 is 2.65 bits per heavy atom. The highest BCUT2D eigenvalue weighted by Gasteiger charge is 2.38. The van der Waals surface area contributed by atoms with Gasteiger partial charge in [-0.25, -0.2) is 0 Å². The van der Waals surface area contributed by atoms with E-state index >= 15 is 0 Å². The van der Waals surface area contributed by atoms with Crippen LogP contribution in [-0.2, 0) is 14.3 Å². The molecular formula is C16H25NO3. The maximum absolute atomic E-state index is 12.1. The molecule has 0 spiro atoms. The van der Waals surface area contributed by atoms with Gasteiger partial charge in [-0.2, -0.15) is 0 Å². The van der Waals surface area contributed by atoms with Crippen molar-refractivity contribution < 1.29 is 14.3 Å². The molecule has 0 aromatic rings. The molecule has 4 heteroatoms. The van der Waals surface area contributed by atoms with Crippen molar-refractivity contribution in [3.8, 4) is 0 Å². The number of hydrogen-bond acceptors (Lipinski definition) is 3. The summed E-state index contributed by atoms with van der Waals surface area (Å²) in [4.78, 5) is 25.3. The molecule has 112 valence electrons.